The highest BCUT2D eigenvalue weighted by molar-refractivity contribution is 5.87. The van der Waals surface area contributed by atoms with Gasteiger partial charge >= 0.3 is 0 Å². The van der Waals surface area contributed by atoms with E-state index in [1.807, 2.05) is 24.3 Å². The van der Waals surface area contributed by atoms with Crippen molar-refractivity contribution in [2.45, 2.75) is 65.3 Å². The van der Waals surface area contributed by atoms with Crippen LogP contribution < -0.4 is 0 Å². The molecule has 28 heavy (non-hydrogen) atoms. The summed E-state index contributed by atoms with van der Waals surface area (Å²) >= 11 is 0. The van der Waals surface area contributed by atoms with Crippen LogP contribution in [0, 0.1) is 22.7 Å². The summed E-state index contributed by atoms with van der Waals surface area (Å²) in [6.07, 6.45) is 5.98. The van der Waals surface area contributed by atoms with Crippen molar-refractivity contribution in [3.63, 3.8) is 0 Å². The zero-order valence-corrected chi connectivity index (χ0v) is 17.3. The summed E-state index contributed by atoms with van der Waals surface area (Å²) < 4.78 is 12.9. The molecule has 3 aliphatic rings. The number of phenols is 1. The van der Waals surface area contributed by atoms with E-state index in [0.29, 0.717) is 11.3 Å². The van der Waals surface area contributed by atoms with Crippen LogP contribution >= 0.6 is 0 Å². The Kier molecular flexibility index (Phi) is 4.26. The molecule has 150 valence electrons. The molecule has 2 aromatic carbocycles. The van der Waals surface area contributed by atoms with Crippen LogP contribution in [0.15, 0.2) is 36.4 Å². The molecule has 3 fully saturated rings. The number of benzene rings is 2. The standard InChI is InChI=1S/C25H32O3/c1-24(2)13-6-14-25(3)18-15-27-23(28-20(18)11-12-21(24)25)22-17-8-5-4-7-16(17)9-10-19(22)26/h4-5,7-10,18,20-21,23,26H,6,11-15H2,1-3H3/t18-,20-,21-,23+,25+/m0/s1. The molecule has 0 aromatic heterocycles. The zero-order valence-electron chi connectivity index (χ0n) is 17.3. The second-order valence-corrected chi connectivity index (χ2v) is 10.1. The van der Waals surface area contributed by atoms with E-state index >= 15 is 0 Å². The molecule has 2 aliphatic carbocycles. The van der Waals surface area contributed by atoms with Crippen LogP contribution in [0.5, 0.6) is 5.75 Å². The van der Waals surface area contributed by atoms with Gasteiger partial charge in [-0.3, -0.25) is 0 Å². The highest BCUT2D eigenvalue weighted by atomic mass is 16.7. The summed E-state index contributed by atoms with van der Waals surface area (Å²) in [6, 6.07) is 11.9. The fourth-order valence-corrected chi connectivity index (χ4v) is 6.82. The Bertz CT molecular complexity index is 888. The van der Waals surface area contributed by atoms with E-state index in [9.17, 15) is 5.11 Å². The molecule has 5 atom stereocenters. The highest BCUT2D eigenvalue weighted by Crippen LogP contribution is 2.61. The van der Waals surface area contributed by atoms with Crippen LogP contribution in [0.1, 0.15) is 64.7 Å². The molecule has 1 saturated heterocycles. The summed E-state index contributed by atoms with van der Waals surface area (Å²) in [4.78, 5) is 0. The van der Waals surface area contributed by atoms with Gasteiger partial charge < -0.3 is 14.6 Å². The second-order valence-electron chi connectivity index (χ2n) is 10.1. The van der Waals surface area contributed by atoms with Crippen molar-refractivity contribution in [3.05, 3.63) is 42.0 Å². The maximum atomic E-state index is 10.6. The quantitative estimate of drug-likeness (QED) is 0.640. The van der Waals surface area contributed by atoms with Crippen LogP contribution in [0.2, 0.25) is 0 Å². The first-order valence-electron chi connectivity index (χ1n) is 10.9. The molecule has 1 aliphatic heterocycles. The van der Waals surface area contributed by atoms with Crippen molar-refractivity contribution in [1.82, 2.24) is 0 Å². The van der Waals surface area contributed by atoms with Crippen LogP contribution in [-0.2, 0) is 9.47 Å². The molecule has 0 spiro atoms. The van der Waals surface area contributed by atoms with Crippen molar-refractivity contribution in [2.75, 3.05) is 6.61 Å². The van der Waals surface area contributed by atoms with E-state index in [1.165, 1.54) is 25.7 Å². The molecule has 2 saturated carbocycles. The number of phenolic OH excluding ortho intramolecular Hbond substituents is 1. The number of rotatable bonds is 1. The SMILES string of the molecule is CC1(C)CCC[C@]2(C)[C@H]3CO[C@@H](c4c(O)ccc5ccccc45)O[C@H]3CC[C@@H]12. The van der Waals surface area contributed by atoms with Gasteiger partial charge in [0.05, 0.1) is 18.3 Å². The minimum absolute atomic E-state index is 0.215. The first kappa shape index (κ1) is 18.4. The van der Waals surface area contributed by atoms with E-state index < -0.39 is 6.29 Å². The minimum atomic E-state index is -0.482. The third-order valence-electron chi connectivity index (χ3n) is 8.22. The van der Waals surface area contributed by atoms with Gasteiger partial charge in [-0.05, 0) is 59.3 Å². The van der Waals surface area contributed by atoms with E-state index in [0.717, 1.165) is 35.3 Å². The number of fused-ring (bicyclic) bond motifs is 4. The first-order chi connectivity index (χ1) is 13.4. The van der Waals surface area contributed by atoms with Crippen molar-refractivity contribution in [2.24, 2.45) is 22.7 Å². The number of ether oxygens (including phenoxy) is 2. The van der Waals surface area contributed by atoms with E-state index in [1.54, 1.807) is 6.07 Å². The van der Waals surface area contributed by atoms with Crippen LogP contribution in [0.25, 0.3) is 10.8 Å². The third kappa shape index (κ3) is 2.70. The molecule has 2 aromatic rings. The molecular formula is C25H32O3. The lowest BCUT2D eigenvalue weighted by molar-refractivity contribution is -0.285. The number of hydrogen-bond acceptors (Lipinski definition) is 3. The van der Waals surface area contributed by atoms with Crippen molar-refractivity contribution in [3.8, 4) is 5.75 Å². The lowest BCUT2D eigenvalue weighted by Gasteiger charge is -2.60. The summed E-state index contributed by atoms with van der Waals surface area (Å²) in [6.45, 7) is 8.12. The molecule has 0 radical (unpaired) electrons. The van der Waals surface area contributed by atoms with Gasteiger partial charge in [-0.2, -0.15) is 0 Å². The lowest BCUT2D eigenvalue weighted by atomic mass is 9.48. The molecule has 3 heteroatoms. The fourth-order valence-electron chi connectivity index (χ4n) is 6.82. The Morgan fingerprint density at radius 2 is 1.82 bits per heavy atom. The Morgan fingerprint density at radius 1 is 1.00 bits per heavy atom. The summed E-state index contributed by atoms with van der Waals surface area (Å²) in [5, 5.41) is 12.7. The Labute approximate surface area is 168 Å². The molecular weight excluding hydrogens is 348 g/mol. The van der Waals surface area contributed by atoms with Gasteiger partial charge in [0.15, 0.2) is 6.29 Å². The van der Waals surface area contributed by atoms with E-state index in [-0.39, 0.29) is 17.3 Å². The lowest BCUT2D eigenvalue weighted by Crippen LogP contribution is -2.56. The largest absolute Gasteiger partial charge is 0.507 e. The molecule has 1 N–H and O–H groups in total. The van der Waals surface area contributed by atoms with E-state index in [2.05, 4.69) is 26.8 Å². The monoisotopic (exact) mass is 380 g/mol. The average Bonchev–Trinajstić information content (AvgIpc) is 2.67. The predicted octanol–water partition coefficient (Wildman–Crippen LogP) is 6.20. The predicted molar refractivity (Wildman–Crippen MR) is 111 cm³/mol. The Hall–Kier alpha value is -1.58. The molecule has 1 heterocycles. The topological polar surface area (TPSA) is 38.7 Å². The molecule has 5 rings (SSSR count). The smallest absolute Gasteiger partial charge is 0.188 e. The maximum absolute atomic E-state index is 10.6. The summed E-state index contributed by atoms with van der Waals surface area (Å²) in [7, 11) is 0. The van der Waals surface area contributed by atoms with E-state index in [4.69, 9.17) is 9.47 Å². The van der Waals surface area contributed by atoms with Crippen molar-refractivity contribution in [1.29, 1.82) is 0 Å². The van der Waals surface area contributed by atoms with Gasteiger partial charge in [-0.1, -0.05) is 57.5 Å². The molecule has 3 nitrogen and oxygen atoms in total. The van der Waals surface area contributed by atoms with Gasteiger partial charge in [0.25, 0.3) is 0 Å². The van der Waals surface area contributed by atoms with Crippen LogP contribution in [0.3, 0.4) is 0 Å². The fraction of sp³-hybridized carbons (Fsp3) is 0.600. The van der Waals surface area contributed by atoms with Gasteiger partial charge in [0.1, 0.15) is 5.75 Å². The van der Waals surface area contributed by atoms with Crippen molar-refractivity contribution >= 4 is 10.8 Å². The number of hydrogen-bond donors (Lipinski definition) is 1. The Morgan fingerprint density at radius 3 is 2.68 bits per heavy atom. The average molecular weight is 381 g/mol. The summed E-state index contributed by atoms with van der Waals surface area (Å²) in [5.41, 5.74) is 1.48. The first-order valence-corrected chi connectivity index (χ1v) is 10.9. The Balaban J connectivity index is 1.46. The van der Waals surface area contributed by atoms with Gasteiger partial charge in [-0.15, -0.1) is 0 Å². The van der Waals surface area contributed by atoms with Crippen molar-refractivity contribution < 1.29 is 14.6 Å². The molecule has 0 bridgehead atoms. The van der Waals surface area contributed by atoms with Gasteiger partial charge in [0.2, 0.25) is 0 Å². The minimum Gasteiger partial charge on any atom is -0.507 e. The highest BCUT2D eigenvalue weighted by Gasteiger charge is 2.56. The molecule has 0 amide bonds. The van der Waals surface area contributed by atoms with Crippen LogP contribution in [-0.4, -0.2) is 17.8 Å². The molecule has 0 unspecified atom stereocenters. The number of aromatic hydroxyl groups is 1. The summed E-state index contributed by atoms with van der Waals surface area (Å²) in [5.74, 6) is 1.45. The third-order valence-corrected chi connectivity index (χ3v) is 8.22. The van der Waals surface area contributed by atoms with Gasteiger partial charge in [-0.25, -0.2) is 0 Å². The van der Waals surface area contributed by atoms with Gasteiger partial charge in [0, 0.05) is 5.92 Å². The van der Waals surface area contributed by atoms with Crippen LogP contribution in [0.4, 0.5) is 0 Å². The zero-order chi connectivity index (χ0) is 19.5. The maximum Gasteiger partial charge on any atom is 0.188 e. The second kappa shape index (κ2) is 6.47. The normalized spacial score (nSPS) is 37.2.